The molecular weight excluding hydrogens is 617 g/mol. The minimum atomic E-state index is -0.210. The van der Waals surface area contributed by atoms with Crippen LogP contribution in [0.15, 0.2) is 57.6 Å². The van der Waals surface area contributed by atoms with Crippen molar-refractivity contribution in [3.8, 4) is 11.8 Å². The molecule has 0 aromatic heterocycles. The van der Waals surface area contributed by atoms with Gasteiger partial charge in [-0.1, -0.05) is 229 Å². The molecule has 2 aliphatic rings. The van der Waals surface area contributed by atoms with Crippen LogP contribution in [0.4, 0.5) is 0 Å². The Bertz CT molecular complexity index is 1140. The highest BCUT2D eigenvalue weighted by molar-refractivity contribution is 6.38. The van der Waals surface area contributed by atoms with Crippen molar-refractivity contribution in [2.24, 2.45) is 9.98 Å². The average Bonchev–Trinajstić information content (AvgIpc) is 3.17. The van der Waals surface area contributed by atoms with Crippen LogP contribution in [-0.2, 0) is 0 Å². The summed E-state index contributed by atoms with van der Waals surface area (Å²) in [7, 11) is 0. The zero-order valence-corrected chi connectivity index (χ0v) is 34.6. The van der Waals surface area contributed by atoms with Crippen molar-refractivity contribution in [1.29, 1.82) is 0 Å². The highest BCUT2D eigenvalue weighted by Crippen LogP contribution is 2.31. The Hall–Kier alpha value is -2.14. The summed E-state index contributed by atoms with van der Waals surface area (Å²) in [5, 5.41) is 0. The summed E-state index contributed by atoms with van der Waals surface area (Å²) in [4.78, 5) is 10.4. The van der Waals surface area contributed by atoms with Crippen LogP contribution in [0, 0.1) is 11.8 Å². The van der Waals surface area contributed by atoms with Gasteiger partial charge in [0.05, 0.1) is 17.3 Å². The van der Waals surface area contributed by atoms with Crippen LogP contribution in [0.5, 0.6) is 0 Å². The maximum atomic E-state index is 5.29. The van der Waals surface area contributed by atoms with Crippen LogP contribution in [0.25, 0.3) is 0 Å². The molecule has 0 bridgehead atoms. The van der Waals surface area contributed by atoms with Crippen molar-refractivity contribution in [2.45, 2.75) is 238 Å². The number of allylic oxidation sites excluding steroid dienone is 4. The first-order chi connectivity index (χ1) is 25.0. The first-order valence-corrected chi connectivity index (χ1v) is 22.4. The van der Waals surface area contributed by atoms with Gasteiger partial charge in [-0.25, -0.2) is 0 Å². The van der Waals surface area contributed by atoms with E-state index >= 15 is 0 Å². The predicted octanol–water partition coefficient (Wildman–Crippen LogP) is 15.8. The third-order valence-electron chi connectivity index (χ3n) is 11.6. The Kier molecular flexibility index (Phi) is 25.9. The van der Waals surface area contributed by atoms with Gasteiger partial charge < -0.3 is 0 Å². The van der Waals surface area contributed by atoms with Crippen LogP contribution >= 0.6 is 0 Å². The summed E-state index contributed by atoms with van der Waals surface area (Å²) in [6.45, 7) is 11.2. The van der Waals surface area contributed by atoms with E-state index in [1.807, 2.05) is 6.21 Å². The number of rotatable bonds is 30. The normalized spacial score (nSPS) is 20.5. The summed E-state index contributed by atoms with van der Waals surface area (Å²) in [6, 6.07) is 0. The number of unbranched alkanes of at least 4 members (excludes halogenated alkanes) is 23. The van der Waals surface area contributed by atoms with E-state index in [4.69, 9.17) is 9.98 Å². The van der Waals surface area contributed by atoms with Crippen molar-refractivity contribution >= 4 is 11.9 Å². The fourth-order valence-corrected chi connectivity index (χ4v) is 7.48. The topological polar surface area (TPSA) is 24.7 Å². The Morgan fingerprint density at radius 3 is 1.29 bits per heavy atom. The van der Waals surface area contributed by atoms with Crippen LogP contribution in [0.1, 0.15) is 227 Å². The van der Waals surface area contributed by atoms with Crippen LogP contribution < -0.4 is 0 Å². The average molecular weight is 699 g/mol. The van der Waals surface area contributed by atoms with Gasteiger partial charge in [-0.2, -0.15) is 0 Å². The lowest BCUT2D eigenvalue weighted by atomic mass is 9.86. The lowest BCUT2D eigenvalue weighted by Crippen LogP contribution is -2.27. The molecule has 0 fully saturated rings. The summed E-state index contributed by atoms with van der Waals surface area (Å²) in [6.07, 6.45) is 55.6. The second-order valence-corrected chi connectivity index (χ2v) is 15.8. The molecule has 2 aliphatic carbocycles. The molecule has 0 spiro atoms. The molecule has 0 N–H and O–H groups in total. The Morgan fingerprint density at radius 1 is 0.549 bits per heavy atom. The molecule has 0 radical (unpaired) electrons. The maximum absolute atomic E-state index is 5.29. The lowest BCUT2D eigenvalue weighted by molar-refractivity contribution is 0.512. The van der Waals surface area contributed by atoms with Crippen molar-refractivity contribution in [1.82, 2.24) is 0 Å². The maximum Gasteiger partial charge on any atom is 0.126 e. The molecule has 288 valence electrons. The molecule has 0 saturated carbocycles. The third-order valence-corrected chi connectivity index (χ3v) is 11.6. The van der Waals surface area contributed by atoms with E-state index < -0.39 is 0 Å². The number of hydrogen-bond acceptors (Lipinski definition) is 2. The highest BCUT2D eigenvalue weighted by atomic mass is 14.9. The van der Waals surface area contributed by atoms with Gasteiger partial charge in [-0.05, 0) is 50.9 Å². The minimum Gasteiger partial charge on any atom is -0.279 e. The van der Waals surface area contributed by atoms with E-state index in [0.717, 1.165) is 50.7 Å². The molecule has 2 nitrogen and oxygen atoms in total. The summed E-state index contributed by atoms with van der Waals surface area (Å²) in [5.74, 6) is 6.97. The second-order valence-electron chi connectivity index (χ2n) is 15.8. The van der Waals surface area contributed by atoms with Crippen molar-refractivity contribution < 1.29 is 0 Å². The zero-order chi connectivity index (χ0) is 36.7. The molecule has 0 aliphatic heterocycles. The SMILES string of the molecule is CCCCCCCCCCCCCCCCCCCCCCCCCC#CC(C=NC1(CC)C=CC(CC)=CC1)=NC1(CC)C=CC(CC)=CC1. The number of hydrogen-bond donors (Lipinski definition) is 0. The van der Waals surface area contributed by atoms with Gasteiger partial charge in [0.15, 0.2) is 0 Å². The van der Waals surface area contributed by atoms with Crippen molar-refractivity contribution in [2.75, 3.05) is 0 Å². The fourth-order valence-electron chi connectivity index (χ4n) is 7.48. The van der Waals surface area contributed by atoms with Crippen LogP contribution in [-0.4, -0.2) is 23.0 Å². The quantitative estimate of drug-likeness (QED) is 0.0405. The zero-order valence-electron chi connectivity index (χ0n) is 34.6. The molecule has 0 aromatic carbocycles. The molecule has 0 saturated heterocycles. The van der Waals surface area contributed by atoms with E-state index in [-0.39, 0.29) is 11.1 Å². The summed E-state index contributed by atoms with van der Waals surface area (Å²) >= 11 is 0. The molecule has 0 aromatic rings. The monoisotopic (exact) mass is 699 g/mol. The van der Waals surface area contributed by atoms with Gasteiger partial charge in [0, 0.05) is 6.42 Å². The molecule has 2 rings (SSSR count). The van der Waals surface area contributed by atoms with E-state index in [1.165, 1.54) is 159 Å². The first-order valence-electron chi connectivity index (χ1n) is 22.4. The van der Waals surface area contributed by atoms with E-state index in [1.54, 1.807) is 0 Å². The fraction of sp³-hybridized carbons (Fsp3) is 0.755. The van der Waals surface area contributed by atoms with Gasteiger partial charge in [0.1, 0.15) is 5.71 Å². The smallest absolute Gasteiger partial charge is 0.126 e. The molecule has 2 heteroatoms. The molecule has 2 unspecified atom stereocenters. The molecule has 0 heterocycles. The van der Waals surface area contributed by atoms with Crippen LogP contribution in [0.2, 0.25) is 0 Å². The van der Waals surface area contributed by atoms with E-state index in [2.05, 4.69) is 82.9 Å². The van der Waals surface area contributed by atoms with Gasteiger partial charge in [-0.3, -0.25) is 9.98 Å². The first kappa shape index (κ1) is 45.0. The lowest BCUT2D eigenvalue weighted by Gasteiger charge is -2.28. The summed E-state index contributed by atoms with van der Waals surface area (Å²) < 4.78 is 0. The minimum absolute atomic E-state index is 0.176. The number of nitrogens with zero attached hydrogens (tertiary/aromatic N) is 2. The Morgan fingerprint density at radius 2 is 0.941 bits per heavy atom. The van der Waals surface area contributed by atoms with Gasteiger partial charge in [0.25, 0.3) is 0 Å². The largest absolute Gasteiger partial charge is 0.279 e. The van der Waals surface area contributed by atoms with Crippen LogP contribution in [0.3, 0.4) is 0 Å². The van der Waals surface area contributed by atoms with E-state index in [0.29, 0.717) is 0 Å². The Balaban J connectivity index is 1.60. The van der Waals surface area contributed by atoms with Crippen molar-refractivity contribution in [3.63, 3.8) is 0 Å². The second kappa shape index (κ2) is 29.3. The third kappa shape index (κ3) is 20.6. The standard InChI is InChI=1S/C49H82N2/c1-6-11-12-13-14-15-16-17-18-19-20-21-22-23-24-25-26-27-28-29-30-31-32-33-34-35-47(51-49(10-5)42-38-46(8-3)39-43-49)44-50-48(9-4)40-36-45(7-2)37-41-48/h36-40,42,44H,6-33,41,43H2,1-5H3. The van der Waals surface area contributed by atoms with Gasteiger partial charge in [-0.15, -0.1) is 0 Å². The predicted molar refractivity (Wildman–Crippen MR) is 230 cm³/mol. The van der Waals surface area contributed by atoms with E-state index in [9.17, 15) is 0 Å². The Labute approximate surface area is 318 Å². The molecular formula is C49H82N2. The highest BCUT2D eigenvalue weighted by Gasteiger charge is 2.27. The number of aliphatic imine (C=N–C) groups is 2. The van der Waals surface area contributed by atoms with Gasteiger partial charge >= 0.3 is 0 Å². The van der Waals surface area contributed by atoms with Crippen molar-refractivity contribution in [3.05, 3.63) is 47.6 Å². The molecule has 51 heavy (non-hydrogen) atoms. The molecule has 2 atom stereocenters. The van der Waals surface area contributed by atoms with Gasteiger partial charge in [0.2, 0.25) is 0 Å². The molecule has 0 amide bonds. The summed E-state index contributed by atoms with van der Waals surface area (Å²) in [5.41, 5.74) is 3.28.